The van der Waals surface area contributed by atoms with Crippen molar-refractivity contribution in [1.29, 1.82) is 0 Å². The number of ketones is 1. The lowest BCUT2D eigenvalue weighted by molar-refractivity contribution is -0.129. The average Bonchev–Trinajstić information content (AvgIpc) is 3.31. The number of hydrogen-bond donors (Lipinski definition) is 2. The predicted octanol–water partition coefficient (Wildman–Crippen LogP) is 2.47. The van der Waals surface area contributed by atoms with Crippen molar-refractivity contribution in [2.24, 2.45) is 5.92 Å². The van der Waals surface area contributed by atoms with E-state index in [1.807, 2.05) is 80.3 Å². The standard InChI is InChI=1S/C27H31N5O4/c1-17(2)25(26(35)27-31-30-24(36-27)13-19-9-7-8-18(3)12-19)29-23(34)16-32-15-22(33)28-14-21(32)20-10-5-4-6-11-20/h4-12,17,21,25H,13-16H2,1-3H3,(H,28,33)(H,29,34)/t21-,25+/m0/s1. The topological polar surface area (TPSA) is 117 Å². The third-order valence-corrected chi connectivity index (χ3v) is 6.19. The minimum atomic E-state index is -0.835. The average molecular weight is 490 g/mol. The first-order chi connectivity index (χ1) is 17.3. The van der Waals surface area contributed by atoms with Gasteiger partial charge in [-0.15, -0.1) is 10.2 Å². The van der Waals surface area contributed by atoms with Gasteiger partial charge in [0.1, 0.15) is 0 Å². The molecule has 1 aliphatic heterocycles. The van der Waals surface area contributed by atoms with E-state index in [-0.39, 0.29) is 42.8 Å². The first kappa shape index (κ1) is 25.2. The van der Waals surface area contributed by atoms with Crippen LogP contribution < -0.4 is 10.6 Å². The summed E-state index contributed by atoms with van der Waals surface area (Å²) in [6.07, 6.45) is 0.415. The molecular formula is C27H31N5O4. The van der Waals surface area contributed by atoms with E-state index in [2.05, 4.69) is 20.8 Å². The number of amides is 2. The lowest BCUT2D eigenvalue weighted by Gasteiger charge is -2.35. The van der Waals surface area contributed by atoms with Crippen LogP contribution in [-0.2, 0) is 16.0 Å². The fourth-order valence-corrected chi connectivity index (χ4v) is 4.35. The number of carbonyl (C=O) groups excluding carboxylic acids is 3. The minimum absolute atomic E-state index is 0.0219. The van der Waals surface area contributed by atoms with Crippen LogP contribution in [0.2, 0.25) is 0 Å². The highest BCUT2D eigenvalue weighted by Gasteiger charge is 2.33. The molecule has 1 saturated heterocycles. The number of Topliss-reactive ketones (excluding diaryl/α,β-unsaturated/α-hetero) is 1. The molecule has 2 amide bonds. The Morgan fingerprint density at radius 1 is 1.14 bits per heavy atom. The van der Waals surface area contributed by atoms with Crippen LogP contribution in [0.15, 0.2) is 59.0 Å². The third-order valence-electron chi connectivity index (χ3n) is 6.19. The smallest absolute Gasteiger partial charge is 0.286 e. The highest BCUT2D eigenvalue weighted by molar-refractivity contribution is 5.98. The highest BCUT2D eigenvalue weighted by atomic mass is 16.4. The van der Waals surface area contributed by atoms with Crippen molar-refractivity contribution in [2.75, 3.05) is 19.6 Å². The quantitative estimate of drug-likeness (QED) is 0.444. The Labute approximate surface area is 210 Å². The van der Waals surface area contributed by atoms with Gasteiger partial charge in [-0.1, -0.05) is 74.0 Å². The predicted molar refractivity (Wildman–Crippen MR) is 133 cm³/mol. The van der Waals surface area contributed by atoms with Gasteiger partial charge in [0.15, 0.2) is 0 Å². The molecule has 1 fully saturated rings. The number of nitrogens with one attached hydrogen (secondary N) is 2. The van der Waals surface area contributed by atoms with Gasteiger partial charge in [0, 0.05) is 6.54 Å². The van der Waals surface area contributed by atoms with Crippen molar-refractivity contribution in [3.05, 3.63) is 83.1 Å². The number of hydrogen-bond acceptors (Lipinski definition) is 7. The zero-order chi connectivity index (χ0) is 25.7. The summed E-state index contributed by atoms with van der Waals surface area (Å²) in [7, 11) is 0. The molecule has 188 valence electrons. The molecule has 36 heavy (non-hydrogen) atoms. The number of aryl methyl sites for hydroxylation is 1. The number of rotatable bonds is 9. The van der Waals surface area contributed by atoms with E-state index in [0.717, 1.165) is 16.7 Å². The van der Waals surface area contributed by atoms with Crippen molar-refractivity contribution in [3.8, 4) is 0 Å². The largest absolute Gasteiger partial charge is 0.418 e. The summed E-state index contributed by atoms with van der Waals surface area (Å²) in [5.41, 5.74) is 3.13. The van der Waals surface area contributed by atoms with Crippen molar-refractivity contribution in [1.82, 2.24) is 25.7 Å². The lowest BCUT2D eigenvalue weighted by Crippen LogP contribution is -2.54. The number of aromatic nitrogens is 2. The van der Waals surface area contributed by atoms with Gasteiger partial charge in [-0.25, -0.2) is 0 Å². The number of carbonyl (C=O) groups is 3. The second-order valence-corrected chi connectivity index (χ2v) is 9.46. The van der Waals surface area contributed by atoms with Gasteiger partial charge < -0.3 is 15.1 Å². The molecule has 2 N–H and O–H groups in total. The van der Waals surface area contributed by atoms with Crippen molar-refractivity contribution in [2.45, 2.75) is 39.3 Å². The Balaban J connectivity index is 1.42. The van der Waals surface area contributed by atoms with Crippen LogP contribution >= 0.6 is 0 Å². The second kappa shape index (κ2) is 11.3. The summed E-state index contributed by atoms with van der Waals surface area (Å²) in [6, 6.07) is 16.7. The van der Waals surface area contributed by atoms with Crippen LogP contribution in [0.1, 0.15) is 53.2 Å². The zero-order valence-corrected chi connectivity index (χ0v) is 20.7. The van der Waals surface area contributed by atoms with E-state index in [1.54, 1.807) is 0 Å². The van der Waals surface area contributed by atoms with Gasteiger partial charge in [0.2, 0.25) is 23.5 Å². The fourth-order valence-electron chi connectivity index (χ4n) is 4.35. The Morgan fingerprint density at radius 2 is 1.92 bits per heavy atom. The van der Waals surface area contributed by atoms with E-state index in [0.29, 0.717) is 18.9 Å². The third kappa shape index (κ3) is 6.23. The molecule has 4 rings (SSSR count). The van der Waals surface area contributed by atoms with Gasteiger partial charge in [0.05, 0.1) is 31.6 Å². The van der Waals surface area contributed by atoms with Gasteiger partial charge in [-0.3, -0.25) is 19.3 Å². The summed E-state index contributed by atoms with van der Waals surface area (Å²) < 4.78 is 5.65. The van der Waals surface area contributed by atoms with Gasteiger partial charge in [0.25, 0.3) is 5.89 Å². The van der Waals surface area contributed by atoms with Gasteiger partial charge in [-0.05, 0) is 24.0 Å². The molecule has 0 spiro atoms. The molecule has 0 aliphatic carbocycles. The zero-order valence-electron chi connectivity index (χ0n) is 20.7. The van der Waals surface area contributed by atoms with Crippen LogP contribution in [0.25, 0.3) is 0 Å². The summed E-state index contributed by atoms with van der Waals surface area (Å²) in [5, 5.41) is 13.7. The van der Waals surface area contributed by atoms with Gasteiger partial charge >= 0.3 is 0 Å². The molecular weight excluding hydrogens is 458 g/mol. The first-order valence-corrected chi connectivity index (χ1v) is 12.1. The van der Waals surface area contributed by atoms with Crippen LogP contribution in [0.5, 0.6) is 0 Å². The molecule has 9 heteroatoms. The van der Waals surface area contributed by atoms with E-state index >= 15 is 0 Å². The monoisotopic (exact) mass is 489 g/mol. The minimum Gasteiger partial charge on any atom is -0.418 e. The van der Waals surface area contributed by atoms with Gasteiger partial charge in [-0.2, -0.15) is 0 Å². The summed E-state index contributed by atoms with van der Waals surface area (Å²) in [4.78, 5) is 40.1. The van der Waals surface area contributed by atoms with Crippen LogP contribution in [0, 0.1) is 12.8 Å². The maximum absolute atomic E-state index is 13.2. The molecule has 9 nitrogen and oxygen atoms in total. The van der Waals surface area contributed by atoms with Crippen molar-refractivity contribution >= 4 is 17.6 Å². The number of piperazine rings is 1. The first-order valence-electron chi connectivity index (χ1n) is 12.1. The lowest BCUT2D eigenvalue weighted by atomic mass is 9.99. The van der Waals surface area contributed by atoms with E-state index in [9.17, 15) is 14.4 Å². The summed E-state index contributed by atoms with van der Waals surface area (Å²) >= 11 is 0. The number of benzene rings is 2. The highest BCUT2D eigenvalue weighted by Crippen LogP contribution is 2.22. The van der Waals surface area contributed by atoms with Crippen LogP contribution in [0.3, 0.4) is 0 Å². The maximum atomic E-state index is 13.2. The molecule has 0 bridgehead atoms. The van der Waals surface area contributed by atoms with E-state index < -0.39 is 11.8 Å². The molecule has 2 aromatic carbocycles. The Bertz CT molecular complexity index is 1220. The molecule has 2 atom stereocenters. The molecule has 2 heterocycles. The Hall–Kier alpha value is -3.85. The molecule has 3 aromatic rings. The normalized spacial score (nSPS) is 17.0. The summed E-state index contributed by atoms with van der Waals surface area (Å²) in [6.45, 7) is 6.17. The van der Waals surface area contributed by atoms with Crippen molar-refractivity contribution in [3.63, 3.8) is 0 Å². The Morgan fingerprint density at radius 3 is 2.64 bits per heavy atom. The second-order valence-electron chi connectivity index (χ2n) is 9.46. The van der Waals surface area contributed by atoms with Crippen LogP contribution in [-0.4, -0.2) is 58.4 Å². The Kier molecular flexibility index (Phi) is 7.90. The number of nitrogens with zero attached hydrogens (tertiary/aromatic N) is 3. The van der Waals surface area contributed by atoms with Crippen LogP contribution in [0.4, 0.5) is 0 Å². The molecule has 0 unspecified atom stereocenters. The van der Waals surface area contributed by atoms with Crippen molar-refractivity contribution < 1.29 is 18.8 Å². The molecule has 1 aliphatic rings. The fraction of sp³-hybridized carbons (Fsp3) is 0.370. The molecule has 0 radical (unpaired) electrons. The summed E-state index contributed by atoms with van der Waals surface area (Å²) in [5.74, 6) is -0.921. The SMILES string of the molecule is Cc1cccc(Cc2nnc(C(=O)[C@H](NC(=O)CN3CC(=O)NC[C@H]3c3ccccc3)C(C)C)o2)c1. The van der Waals surface area contributed by atoms with E-state index in [4.69, 9.17) is 4.42 Å². The molecule has 0 saturated carbocycles. The maximum Gasteiger partial charge on any atom is 0.286 e. The molecule has 1 aromatic heterocycles. The van der Waals surface area contributed by atoms with E-state index in [1.165, 1.54) is 0 Å².